The Hall–Kier alpha value is -1.14. The summed E-state index contributed by atoms with van der Waals surface area (Å²) in [6.45, 7) is 0. The van der Waals surface area contributed by atoms with Gasteiger partial charge in [0.2, 0.25) is 0 Å². The van der Waals surface area contributed by atoms with Crippen molar-refractivity contribution in [3.63, 3.8) is 0 Å². The van der Waals surface area contributed by atoms with Crippen LogP contribution in [0.5, 0.6) is 0 Å². The van der Waals surface area contributed by atoms with E-state index < -0.39 is 0 Å². The zero-order valence-corrected chi connectivity index (χ0v) is 10.9. The van der Waals surface area contributed by atoms with E-state index in [1.807, 2.05) is 24.5 Å². The third-order valence-corrected chi connectivity index (χ3v) is 2.87. The van der Waals surface area contributed by atoms with Crippen LogP contribution < -0.4 is 5.73 Å². The molecule has 4 nitrogen and oxygen atoms in total. The predicted molar refractivity (Wildman–Crippen MR) is 69.2 cm³/mol. The highest BCUT2D eigenvalue weighted by atomic mass is 79.9. The molecule has 0 amide bonds. The monoisotopic (exact) mass is 296 g/mol. The number of nitrogens with two attached hydrogens (primary N) is 1. The standard InChI is InChI=1S/C10H9BrN4S/c1-16-10-14-7(5-9(12)15-10)6-3-2-4-8(11)13-6/h2-5H,1H3,(H2,12,14,15). The summed E-state index contributed by atoms with van der Waals surface area (Å²) >= 11 is 4.78. The van der Waals surface area contributed by atoms with Crippen LogP contribution in [0.25, 0.3) is 11.4 Å². The molecular weight excluding hydrogens is 288 g/mol. The number of nitrogens with zero attached hydrogens (tertiary/aromatic N) is 3. The lowest BCUT2D eigenvalue weighted by Crippen LogP contribution is -1.97. The minimum Gasteiger partial charge on any atom is -0.384 e. The first-order valence-corrected chi connectivity index (χ1v) is 6.52. The van der Waals surface area contributed by atoms with Crippen molar-refractivity contribution in [2.24, 2.45) is 0 Å². The average molecular weight is 297 g/mol. The molecular formula is C10H9BrN4S. The lowest BCUT2D eigenvalue weighted by Gasteiger charge is -2.03. The first-order chi connectivity index (χ1) is 7.69. The maximum atomic E-state index is 5.71. The highest BCUT2D eigenvalue weighted by molar-refractivity contribution is 9.10. The number of aromatic nitrogens is 3. The van der Waals surface area contributed by atoms with Gasteiger partial charge in [0, 0.05) is 6.07 Å². The summed E-state index contributed by atoms with van der Waals surface area (Å²) in [5.74, 6) is 0.455. The van der Waals surface area contributed by atoms with Gasteiger partial charge in [0.05, 0.1) is 11.4 Å². The molecule has 0 aliphatic heterocycles. The van der Waals surface area contributed by atoms with Gasteiger partial charge < -0.3 is 5.73 Å². The van der Waals surface area contributed by atoms with Gasteiger partial charge in [0.25, 0.3) is 0 Å². The molecule has 0 saturated carbocycles. The zero-order chi connectivity index (χ0) is 11.5. The van der Waals surface area contributed by atoms with E-state index in [0.29, 0.717) is 11.0 Å². The second-order valence-corrected chi connectivity index (χ2v) is 4.60. The van der Waals surface area contributed by atoms with Gasteiger partial charge in [-0.05, 0) is 34.3 Å². The molecule has 2 heterocycles. The fourth-order valence-electron chi connectivity index (χ4n) is 1.22. The van der Waals surface area contributed by atoms with Gasteiger partial charge in [-0.2, -0.15) is 0 Å². The molecule has 0 aromatic carbocycles. The van der Waals surface area contributed by atoms with E-state index in [1.54, 1.807) is 6.07 Å². The Morgan fingerprint density at radius 3 is 2.69 bits per heavy atom. The van der Waals surface area contributed by atoms with Crippen LogP contribution >= 0.6 is 27.7 Å². The molecule has 0 radical (unpaired) electrons. The zero-order valence-electron chi connectivity index (χ0n) is 8.51. The van der Waals surface area contributed by atoms with Crippen molar-refractivity contribution in [1.82, 2.24) is 15.0 Å². The van der Waals surface area contributed by atoms with Crippen molar-refractivity contribution in [2.75, 3.05) is 12.0 Å². The highest BCUT2D eigenvalue weighted by Gasteiger charge is 2.05. The maximum Gasteiger partial charge on any atom is 0.189 e. The first-order valence-electron chi connectivity index (χ1n) is 4.50. The summed E-state index contributed by atoms with van der Waals surface area (Å²) in [5.41, 5.74) is 7.22. The molecule has 0 saturated heterocycles. The van der Waals surface area contributed by atoms with E-state index in [1.165, 1.54) is 11.8 Å². The second kappa shape index (κ2) is 4.80. The molecule has 16 heavy (non-hydrogen) atoms. The SMILES string of the molecule is CSc1nc(N)cc(-c2cccc(Br)n2)n1. The van der Waals surface area contributed by atoms with Crippen molar-refractivity contribution in [2.45, 2.75) is 5.16 Å². The molecule has 2 rings (SSSR count). The van der Waals surface area contributed by atoms with Crippen LogP contribution in [0.4, 0.5) is 5.82 Å². The molecule has 0 bridgehead atoms. The van der Waals surface area contributed by atoms with Gasteiger partial charge in [-0.15, -0.1) is 0 Å². The quantitative estimate of drug-likeness (QED) is 0.524. The third-order valence-electron chi connectivity index (χ3n) is 1.89. The molecule has 0 aliphatic rings. The van der Waals surface area contributed by atoms with Gasteiger partial charge >= 0.3 is 0 Å². The van der Waals surface area contributed by atoms with Gasteiger partial charge in [-0.3, -0.25) is 0 Å². The average Bonchev–Trinajstić information content (AvgIpc) is 2.28. The molecule has 2 aromatic rings. The number of rotatable bonds is 2. The Morgan fingerprint density at radius 1 is 1.19 bits per heavy atom. The predicted octanol–water partition coefficient (Wildman–Crippen LogP) is 2.61. The van der Waals surface area contributed by atoms with E-state index in [4.69, 9.17) is 5.73 Å². The van der Waals surface area contributed by atoms with Gasteiger partial charge in [0.15, 0.2) is 5.16 Å². The van der Waals surface area contributed by atoms with Crippen LogP contribution in [-0.4, -0.2) is 21.2 Å². The molecule has 0 fully saturated rings. The molecule has 2 aromatic heterocycles. The molecule has 0 aliphatic carbocycles. The molecule has 0 atom stereocenters. The van der Waals surface area contributed by atoms with E-state index in [2.05, 4.69) is 30.9 Å². The van der Waals surface area contributed by atoms with E-state index in [9.17, 15) is 0 Å². The second-order valence-electron chi connectivity index (χ2n) is 3.01. The Bertz CT molecular complexity index is 518. The lowest BCUT2D eigenvalue weighted by molar-refractivity contribution is 0.979. The Morgan fingerprint density at radius 2 is 2.00 bits per heavy atom. The molecule has 0 spiro atoms. The number of hydrogen-bond acceptors (Lipinski definition) is 5. The molecule has 82 valence electrons. The topological polar surface area (TPSA) is 64.7 Å². The Labute approximate surface area is 106 Å². The summed E-state index contributed by atoms with van der Waals surface area (Å²) in [6.07, 6.45) is 1.91. The fourth-order valence-corrected chi connectivity index (χ4v) is 1.95. The molecule has 6 heteroatoms. The van der Waals surface area contributed by atoms with Gasteiger partial charge in [-0.1, -0.05) is 17.8 Å². The van der Waals surface area contributed by atoms with Crippen LogP contribution in [0.3, 0.4) is 0 Å². The number of anilines is 1. The van der Waals surface area contributed by atoms with Crippen LogP contribution in [0.1, 0.15) is 0 Å². The maximum absolute atomic E-state index is 5.71. The van der Waals surface area contributed by atoms with E-state index in [-0.39, 0.29) is 0 Å². The van der Waals surface area contributed by atoms with Crippen LogP contribution in [-0.2, 0) is 0 Å². The summed E-state index contributed by atoms with van der Waals surface area (Å²) in [5, 5.41) is 0.650. The Balaban J connectivity index is 2.51. The minimum absolute atomic E-state index is 0.455. The summed E-state index contributed by atoms with van der Waals surface area (Å²) in [6, 6.07) is 7.37. The summed E-state index contributed by atoms with van der Waals surface area (Å²) < 4.78 is 0.771. The number of hydrogen-bond donors (Lipinski definition) is 1. The van der Waals surface area contributed by atoms with Crippen molar-refractivity contribution in [3.05, 3.63) is 28.9 Å². The molecule has 0 unspecified atom stereocenters. The smallest absolute Gasteiger partial charge is 0.189 e. The lowest BCUT2D eigenvalue weighted by atomic mass is 10.2. The van der Waals surface area contributed by atoms with Crippen LogP contribution in [0.2, 0.25) is 0 Å². The highest BCUT2D eigenvalue weighted by Crippen LogP contribution is 2.21. The number of nitrogen functional groups attached to an aromatic ring is 1. The van der Waals surface area contributed by atoms with Crippen LogP contribution in [0.15, 0.2) is 34.0 Å². The van der Waals surface area contributed by atoms with Crippen molar-refractivity contribution >= 4 is 33.5 Å². The molecule has 2 N–H and O–H groups in total. The van der Waals surface area contributed by atoms with Crippen molar-refractivity contribution < 1.29 is 0 Å². The van der Waals surface area contributed by atoms with Crippen molar-refractivity contribution in [1.29, 1.82) is 0 Å². The van der Waals surface area contributed by atoms with E-state index >= 15 is 0 Å². The summed E-state index contributed by atoms with van der Waals surface area (Å²) in [7, 11) is 0. The van der Waals surface area contributed by atoms with Crippen LogP contribution in [0, 0.1) is 0 Å². The first kappa shape index (κ1) is 11.3. The normalized spacial score (nSPS) is 10.4. The largest absolute Gasteiger partial charge is 0.384 e. The minimum atomic E-state index is 0.455. The number of thioether (sulfide) groups is 1. The fraction of sp³-hybridized carbons (Fsp3) is 0.100. The number of pyridine rings is 1. The Kier molecular flexibility index (Phi) is 3.40. The van der Waals surface area contributed by atoms with Gasteiger partial charge in [-0.25, -0.2) is 15.0 Å². The number of halogens is 1. The van der Waals surface area contributed by atoms with Gasteiger partial charge in [0.1, 0.15) is 10.4 Å². The summed E-state index contributed by atoms with van der Waals surface area (Å²) in [4.78, 5) is 12.8. The van der Waals surface area contributed by atoms with Crippen molar-refractivity contribution in [3.8, 4) is 11.4 Å². The van der Waals surface area contributed by atoms with E-state index in [0.717, 1.165) is 16.0 Å². The third kappa shape index (κ3) is 2.51.